The minimum atomic E-state index is -0.278. The molecule has 0 saturated heterocycles. The molecule has 0 unspecified atom stereocenters. The number of hydrogen-bond donors (Lipinski definition) is 0. The van der Waals surface area contributed by atoms with E-state index in [1.807, 2.05) is 35.7 Å². The zero-order valence-corrected chi connectivity index (χ0v) is 16.1. The van der Waals surface area contributed by atoms with Gasteiger partial charge in [0.1, 0.15) is 19.0 Å². The van der Waals surface area contributed by atoms with Gasteiger partial charge in [-0.1, -0.05) is 24.3 Å². The molecule has 0 aliphatic carbocycles. The second-order valence-corrected chi connectivity index (χ2v) is 7.51. The standard InChI is InChI=1S/C22H20FNO3S/c23-19-6-2-1-4-16(19)7-10-22(25)24(15-18-5-3-13-28-18)17-8-9-20-21(14-17)27-12-11-26-20/h1-6,8-9,13-14H,7,10-12,15H2. The van der Waals surface area contributed by atoms with Crippen molar-refractivity contribution < 1.29 is 18.7 Å². The van der Waals surface area contributed by atoms with E-state index in [4.69, 9.17) is 9.47 Å². The van der Waals surface area contributed by atoms with E-state index in [9.17, 15) is 9.18 Å². The molecule has 2 aromatic carbocycles. The summed E-state index contributed by atoms with van der Waals surface area (Å²) in [7, 11) is 0. The zero-order valence-electron chi connectivity index (χ0n) is 15.3. The van der Waals surface area contributed by atoms with Gasteiger partial charge in [0.05, 0.1) is 6.54 Å². The molecule has 4 rings (SSSR count). The summed E-state index contributed by atoms with van der Waals surface area (Å²) in [5.41, 5.74) is 1.30. The van der Waals surface area contributed by atoms with E-state index in [1.54, 1.807) is 34.4 Å². The summed E-state index contributed by atoms with van der Waals surface area (Å²) in [6.07, 6.45) is 0.581. The van der Waals surface area contributed by atoms with Gasteiger partial charge in [-0.25, -0.2) is 4.39 Å². The second kappa shape index (κ2) is 8.44. The highest BCUT2D eigenvalue weighted by atomic mass is 32.1. The van der Waals surface area contributed by atoms with Crippen molar-refractivity contribution in [2.45, 2.75) is 19.4 Å². The highest BCUT2D eigenvalue weighted by Gasteiger charge is 2.20. The van der Waals surface area contributed by atoms with Crippen molar-refractivity contribution >= 4 is 22.9 Å². The number of rotatable bonds is 6. The first-order valence-corrected chi connectivity index (χ1v) is 10.0. The molecule has 0 saturated carbocycles. The molecule has 0 N–H and O–H groups in total. The molecule has 4 nitrogen and oxygen atoms in total. The summed E-state index contributed by atoms with van der Waals surface area (Å²) < 4.78 is 25.1. The number of thiophene rings is 1. The molecular formula is C22H20FNO3S. The molecule has 1 aromatic heterocycles. The predicted octanol–water partition coefficient (Wildman–Crippen LogP) is 4.82. The molecule has 3 aromatic rings. The number of hydrogen-bond acceptors (Lipinski definition) is 4. The number of ether oxygens (including phenoxy) is 2. The van der Waals surface area contributed by atoms with Crippen LogP contribution in [0.25, 0.3) is 0 Å². The van der Waals surface area contributed by atoms with Crippen molar-refractivity contribution in [3.63, 3.8) is 0 Å². The topological polar surface area (TPSA) is 38.8 Å². The fraction of sp³-hybridized carbons (Fsp3) is 0.227. The predicted molar refractivity (Wildman–Crippen MR) is 108 cm³/mol. The van der Waals surface area contributed by atoms with Gasteiger partial charge in [0, 0.05) is 23.1 Å². The van der Waals surface area contributed by atoms with E-state index in [1.165, 1.54) is 6.07 Å². The number of aryl methyl sites for hydroxylation is 1. The van der Waals surface area contributed by atoms with Crippen molar-refractivity contribution in [1.82, 2.24) is 0 Å². The number of anilines is 1. The highest BCUT2D eigenvalue weighted by Crippen LogP contribution is 2.35. The van der Waals surface area contributed by atoms with Crippen LogP contribution in [0.4, 0.5) is 10.1 Å². The van der Waals surface area contributed by atoms with Crippen molar-refractivity contribution in [2.75, 3.05) is 18.1 Å². The number of carbonyl (C=O) groups excluding carboxylic acids is 1. The maximum Gasteiger partial charge on any atom is 0.227 e. The average Bonchev–Trinajstić information content (AvgIpc) is 3.24. The first-order chi connectivity index (χ1) is 13.7. The molecule has 28 heavy (non-hydrogen) atoms. The largest absolute Gasteiger partial charge is 0.486 e. The first kappa shape index (κ1) is 18.5. The molecule has 0 bridgehead atoms. The van der Waals surface area contributed by atoms with Gasteiger partial charge < -0.3 is 14.4 Å². The minimum Gasteiger partial charge on any atom is -0.486 e. The van der Waals surface area contributed by atoms with E-state index in [2.05, 4.69) is 0 Å². The van der Waals surface area contributed by atoms with Gasteiger partial charge in [0.2, 0.25) is 5.91 Å². The molecule has 2 heterocycles. The molecule has 144 valence electrons. The highest BCUT2D eigenvalue weighted by molar-refractivity contribution is 7.09. The van der Waals surface area contributed by atoms with Crippen LogP contribution in [0.15, 0.2) is 60.0 Å². The van der Waals surface area contributed by atoms with Crippen molar-refractivity contribution in [1.29, 1.82) is 0 Å². The van der Waals surface area contributed by atoms with Crippen LogP contribution in [0.1, 0.15) is 16.9 Å². The van der Waals surface area contributed by atoms with Crippen LogP contribution >= 0.6 is 11.3 Å². The number of benzene rings is 2. The Kier molecular flexibility index (Phi) is 5.58. The molecule has 0 spiro atoms. The zero-order chi connectivity index (χ0) is 19.3. The van der Waals surface area contributed by atoms with Crippen LogP contribution in [0.5, 0.6) is 11.5 Å². The number of nitrogens with zero attached hydrogens (tertiary/aromatic N) is 1. The molecule has 0 radical (unpaired) electrons. The van der Waals surface area contributed by atoms with Crippen LogP contribution in [-0.4, -0.2) is 19.1 Å². The molecule has 1 aliphatic rings. The SMILES string of the molecule is O=C(CCc1ccccc1F)N(Cc1cccs1)c1ccc2c(c1)OCCO2. The summed E-state index contributed by atoms with van der Waals surface area (Å²) in [5, 5.41) is 1.99. The lowest BCUT2D eigenvalue weighted by Crippen LogP contribution is -2.30. The Hall–Kier alpha value is -2.86. The molecule has 1 aliphatic heterocycles. The van der Waals surface area contributed by atoms with Crippen LogP contribution in [0, 0.1) is 5.82 Å². The Labute approximate surface area is 167 Å². The number of fused-ring (bicyclic) bond motifs is 1. The molecular weight excluding hydrogens is 377 g/mol. The van der Waals surface area contributed by atoms with Gasteiger partial charge in [0.25, 0.3) is 0 Å². The summed E-state index contributed by atoms with van der Waals surface area (Å²) in [5.74, 6) is 0.986. The van der Waals surface area contributed by atoms with Gasteiger partial charge >= 0.3 is 0 Å². The molecule has 0 atom stereocenters. The van der Waals surface area contributed by atoms with Crippen molar-refractivity contribution in [2.24, 2.45) is 0 Å². The number of amides is 1. The van der Waals surface area contributed by atoms with Gasteiger partial charge in [0.15, 0.2) is 11.5 Å². The molecule has 1 amide bonds. The summed E-state index contributed by atoms with van der Waals surface area (Å²) in [6, 6.07) is 16.1. The maximum absolute atomic E-state index is 13.9. The van der Waals surface area contributed by atoms with E-state index in [0.29, 0.717) is 43.2 Å². The summed E-state index contributed by atoms with van der Waals surface area (Å²) in [6.45, 7) is 1.48. The smallest absolute Gasteiger partial charge is 0.227 e. The van der Waals surface area contributed by atoms with Crippen LogP contribution in [0.3, 0.4) is 0 Å². The van der Waals surface area contributed by atoms with E-state index in [-0.39, 0.29) is 18.1 Å². The van der Waals surface area contributed by atoms with E-state index in [0.717, 1.165) is 10.6 Å². The lowest BCUT2D eigenvalue weighted by atomic mass is 10.1. The quantitative estimate of drug-likeness (QED) is 0.598. The second-order valence-electron chi connectivity index (χ2n) is 6.48. The van der Waals surface area contributed by atoms with Crippen molar-refractivity contribution in [3.8, 4) is 11.5 Å². The Bertz CT molecular complexity index is 958. The van der Waals surface area contributed by atoms with Crippen LogP contribution in [-0.2, 0) is 17.8 Å². The lowest BCUT2D eigenvalue weighted by Gasteiger charge is -2.25. The Balaban J connectivity index is 1.56. The maximum atomic E-state index is 13.9. The molecule has 0 fully saturated rings. The fourth-order valence-corrected chi connectivity index (χ4v) is 3.85. The van der Waals surface area contributed by atoms with E-state index < -0.39 is 0 Å². The normalized spacial score (nSPS) is 12.6. The van der Waals surface area contributed by atoms with Crippen molar-refractivity contribution in [3.05, 3.63) is 76.2 Å². The third-order valence-corrected chi connectivity index (χ3v) is 5.46. The third kappa shape index (κ3) is 4.17. The van der Waals surface area contributed by atoms with Crippen LogP contribution in [0.2, 0.25) is 0 Å². The minimum absolute atomic E-state index is 0.0617. The van der Waals surface area contributed by atoms with Gasteiger partial charge in [-0.15, -0.1) is 11.3 Å². The Morgan fingerprint density at radius 3 is 2.64 bits per heavy atom. The average molecular weight is 397 g/mol. The Morgan fingerprint density at radius 2 is 1.86 bits per heavy atom. The molecule has 6 heteroatoms. The number of carbonyl (C=O) groups is 1. The monoisotopic (exact) mass is 397 g/mol. The summed E-state index contributed by atoms with van der Waals surface area (Å²) in [4.78, 5) is 15.9. The first-order valence-electron chi connectivity index (χ1n) is 9.16. The van der Waals surface area contributed by atoms with Gasteiger partial charge in [-0.3, -0.25) is 4.79 Å². The lowest BCUT2D eigenvalue weighted by molar-refractivity contribution is -0.118. The summed E-state index contributed by atoms with van der Waals surface area (Å²) >= 11 is 1.60. The van der Waals surface area contributed by atoms with Gasteiger partial charge in [-0.05, 0) is 41.6 Å². The van der Waals surface area contributed by atoms with E-state index >= 15 is 0 Å². The third-order valence-electron chi connectivity index (χ3n) is 4.60. The van der Waals surface area contributed by atoms with Crippen LogP contribution < -0.4 is 14.4 Å². The fourth-order valence-electron chi connectivity index (χ4n) is 3.16. The Morgan fingerprint density at radius 1 is 1.04 bits per heavy atom. The number of halogens is 1. The van der Waals surface area contributed by atoms with Gasteiger partial charge in [-0.2, -0.15) is 0 Å².